The number of methoxy groups -OCH3 is 1. The maximum atomic E-state index is 12.3. The van der Waals surface area contributed by atoms with Crippen molar-refractivity contribution in [2.75, 3.05) is 7.11 Å². The Morgan fingerprint density at radius 3 is 2.68 bits per heavy atom. The number of fused-ring (bicyclic) bond motifs is 3. The molecular weight excluding hydrogens is 236 g/mol. The van der Waals surface area contributed by atoms with Gasteiger partial charge in [0.25, 0.3) is 0 Å². The van der Waals surface area contributed by atoms with Crippen LogP contribution in [0.5, 0.6) is 0 Å². The minimum atomic E-state index is -0.471. The number of esters is 1. The number of ether oxygens (including phenoxy) is 1. The number of carbonyl (C=O) groups excluding carboxylic acids is 1. The molecule has 0 unspecified atom stereocenters. The van der Waals surface area contributed by atoms with Crippen molar-refractivity contribution < 1.29 is 9.53 Å². The van der Waals surface area contributed by atoms with Gasteiger partial charge in [0.1, 0.15) is 0 Å². The highest BCUT2D eigenvalue weighted by atomic mass is 16.5. The van der Waals surface area contributed by atoms with Gasteiger partial charge in [-0.3, -0.25) is 4.79 Å². The molecule has 1 fully saturated rings. The van der Waals surface area contributed by atoms with E-state index >= 15 is 0 Å². The summed E-state index contributed by atoms with van der Waals surface area (Å²) < 4.78 is 5.06. The minimum absolute atomic E-state index is 0.00220. The van der Waals surface area contributed by atoms with Crippen molar-refractivity contribution in [3.8, 4) is 0 Å². The molecule has 0 aromatic heterocycles. The Morgan fingerprint density at radius 1 is 1.21 bits per heavy atom. The molecule has 1 aromatic rings. The molecule has 0 heterocycles. The van der Waals surface area contributed by atoms with Gasteiger partial charge in [-0.1, -0.05) is 43.7 Å². The molecule has 2 atom stereocenters. The smallest absolute Gasteiger partial charge is 0.315 e. The third-order valence-corrected chi connectivity index (χ3v) is 5.03. The van der Waals surface area contributed by atoms with Gasteiger partial charge < -0.3 is 4.74 Å². The fraction of sp³-hybridized carbons (Fsp3) is 0.471. The van der Waals surface area contributed by atoms with Crippen LogP contribution in [0.3, 0.4) is 0 Å². The zero-order chi connectivity index (χ0) is 13.7. The Balaban J connectivity index is 2.16. The van der Waals surface area contributed by atoms with Gasteiger partial charge in [0, 0.05) is 5.41 Å². The largest absolute Gasteiger partial charge is 0.468 e. The van der Waals surface area contributed by atoms with E-state index in [1.807, 2.05) is 6.92 Å². The SMILES string of the molecule is COC(=O)[C@]1(C)CCC[C@]2(C)C1=Cc1ccccc12. The van der Waals surface area contributed by atoms with E-state index in [1.54, 1.807) is 0 Å². The fourth-order valence-electron chi connectivity index (χ4n) is 3.99. The van der Waals surface area contributed by atoms with Crippen LogP contribution < -0.4 is 0 Å². The highest BCUT2D eigenvalue weighted by Gasteiger charge is 2.52. The van der Waals surface area contributed by atoms with Gasteiger partial charge in [0.05, 0.1) is 12.5 Å². The van der Waals surface area contributed by atoms with E-state index in [0.717, 1.165) is 19.3 Å². The zero-order valence-electron chi connectivity index (χ0n) is 11.8. The first-order valence-electron chi connectivity index (χ1n) is 6.93. The second-order valence-electron chi connectivity index (χ2n) is 6.15. The molecule has 100 valence electrons. The van der Waals surface area contributed by atoms with Crippen LogP contribution >= 0.6 is 0 Å². The molecule has 1 aromatic carbocycles. The molecule has 0 radical (unpaired) electrons. The molecule has 3 rings (SSSR count). The summed E-state index contributed by atoms with van der Waals surface area (Å²) in [5.41, 5.74) is 3.38. The van der Waals surface area contributed by atoms with Gasteiger partial charge in [-0.25, -0.2) is 0 Å². The van der Waals surface area contributed by atoms with Gasteiger partial charge in [-0.05, 0) is 36.5 Å². The van der Waals surface area contributed by atoms with E-state index in [2.05, 4.69) is 37.3 Å². The van der Waals surface area contributed by atoms with Crippen molar-refractivity contribution in [1.29, 1.82) is 0 Å². The molecule has 2 aliphatic carbocycles. The molecule has 0 N–H and O–H groups in total. The van der Waals surface area contributed by atoms with Crippen LogP contribution in [-0.4, -0.2) is 13.1 Å². The topological polar surface area (TPSA) is 26.3 Å². The number of hydrogen-bond acceptors (Lipinski definition) is 2. The Kier molecular flexibility index (Phi) is 2.60. The monoisotopic (exact) mass is 256 g/mol. The van der Waals surface area contributed by atoms with Crippen LogP contribution in [-0.2, 0) is 14.9 Å². The quantitative estimate of drug-likeness (QED) is 0.716. The summed E-state index contributed by atoms with van der Waals surface area (Å²) in [5.74, 6) is -0.0996. The third kappa shape index (κ3) is 1.52. The highest BCUT2D eigenvalue weighted by molar-refractivity contribution is 5.86. The summed E-state index contributed by atoms with van der Waals surface area (Å²) in [7, 11) is 1.49. The Morgan fingerprint density at radius 2 is 1.95 bits per heavy atom. The van der Waals surface area contributed by atoms with Crippen LogP contribution in [0.1, 0.15) is 44.2 Å². The lowest BCUT2D eigenvalue weighted by Gasteiger charge is -2.43. The molecule has 0 saturated heterocycles. The van der Waals surface area contributed by atoms with Gasteiger partial charge in [-0.2, -0.15) is 0 Å². The summed E-state index contributed by atoms with van der Waals surface area (Å²) in [5, 5.41) is 0. The van der Waals surface area contributed by atoms with E-state index in [1.165, 1.54) is 23.8 Å². The van der Waals surface area contributed by atoms with Crippen LogP contribution in [0, 0.1) is 5.41 Å². The van der Waals surface area contributed by atoms with Crippen molar-refractivity contribution in [2.24, 2.45) is 5.41 Å². The molecule has 2 aliphatic rings. The molecule has 2 nitrogen and oxygen atoms in total. The first-order valence-corrected chi connectivity index (χ1v) is 6.93. The predicted octanol–water partition coefficient (Wildman–Crippen LogP) is 3.70. The zero-order valence-corrected chi connectivity index (χ0v) is 11.8. The highest BCUT2D eigenvalue weighted by Crippen LogP contribution is 2.57. The molecule has 0 spiro atoms. The van der Waals surface area contributed by atoms with Gasteiger partial charge in [0.15, 0.2) is 0 Å². The average molecular weight is 256 g/mol. The molecule has 0 bridgehead atoms. The maximum absolute atomic E-state index is 12.3. The van der Waals surface area contributed by atoms with Crippen LogP contribution in [0.4, 0.5) is 0 Å². The lowest BCUT2D eigenvalue weighted by Crippen LogP contribution is -2.42. The Labute approximate surface area is 114 Å². The maximum Gasteiger partial charge on any atom is 0.315 e. The van der Waals surface area contributed by atoms with E-state index in [4.69, 9.17) is 4.74 Å². The van der Waals surface area contributed by atoms with Crippen molar-refractivity contribution in [3.05, 3.63) is 41.0 Å². The van der Waals surface area contributed by atoms with Crippen LogP contribution in [0.2, 0.25) is 0 Å². The molecule has 0 aliphatic heterocycles. The Bertz CT molecular complexity index is 572. The third-order valence-electron chi connectivity index (χ3n) is 5.03. The number of benzene rings is 1. The first-order chi connectivity index (χ1) is 9.02. The normalized spacial score (nSPS) is 32.3. The lowest BCUT2D eigenvalue weighted by atomic mass is 9.59. The van der Waals surface area contributed by atoms with Gasteiger partial charge in [-0.15, -0.1) is 0 Å². The van der Waals surface area contributed by atoms with Crippen molar-refractivity contribution in [3.63, 3.8) is 0 Å². The van der Waals surface area contributed by atoms with E-state index in [-0.39, 0.29) is 11.4 Å². The summed E-state index contributed by atoms with van der Waals surface area (Å²) in [6.45, 7) is 4.30. The lowest BCUT2D eigenvalue weighted by molar-refractivity contribution is -0.151. The van der Waals surface area contributed by atoms with Crippen LogP contribution in [0.25, 0.3) is 6.08 Å². The first kappa shape index (κ1) is 12.5. The number of carbonyl (C=O) groups is 1. The summed E-state index contributed by atoms with van der Waals surface area (Å²) >= 11 is 0. The molecule has 0 amide bonds. The van der Waals surface area contributed by atoms with Gasteiger partial charge in [0.2, 0.25) is 0 Å². The molecule has 2 heteroatoms. The average Bonchev–Trinajstić information content (AvgIpc) is 2.73. The molecule has 1 saturated carbocycles. The number of hydrogen-bond donors (Lipinski definition) is 0. The standard InChI is InChI=1S/C17H20O2/c1-16-9-6-10-17(2,15(18)19-3)14(16)11-12-7-4-5-8-13(12)16/h4-5,7-8,11H,6,9-10H2,1-3H3/t16-,17+/m0/s1. The van der Waals surface area contributed by atoms with Crippen LogP contribution in [0.15, 0.2) is 29.8 Å². The van der Waals surface area contributed by atoms with E-state index < -0.39 is 5.41 Å². The van der Waals surface area contributed by atoms with Crippen molar-refractivity contribution in [1.82, 2.24) is 0 Å². The Hall–Kier alpha value is -1.57. The number of rotatable bonds is 1. The fourth-order valence-corrected chi connectivity index (χ4v) is 3.99. The second kappa shape index (κ2) is 3.96. The van der Waals surface area contributed by atoms with Crippen molar-refractivity contribution in [2.45, 2.75) is 38.5 Å². The summed E-state index contributed by atoms with van der Waals surface area (Å²) in [6.07, 6.45) is 5.27. The summed E-state index contributed by atoms with van der Waals surface area (Å²) in [4.78, 5) is 12.3. The van der Waals surface area contributed by atoms with E-state index in [0.29, 0.717) is 0 Å². The van der Waals surface area contributed by atoms with Gasteiger partial charge >= 0.3 is 5.97 Å². The summed E-state index contributed by atoms with van der Waals surface area (Å²) in [6, 6.07) is 8.49. The van der Waals surface area contributed by atoms with Crippen molar-refractivity contribution >= 4 is 12.0 Å². The molecular formula is C17H20O2. The van der Waals surface area contributed by atoms with E-state index in [9.17, 15) is 4.79 Å². The second-order valence-corrected chi connectivity index (χ2v) is 6.15. The minimum Gasteiger partial charge on any atom is -0.468 e. The predicted molar refractivity (Wildman–Crippen MR) is 75.7 cm³/mol. The molecule has 19 heavy (non-hydrogen) atoms.